The fraction of sp³-hybridized carbons (Fsp3) is 0.421. The first-order chi connectivity index (χ1) is 52.3. The lowest BCUT2D eigenvalue weighted by Crippen LogP contribution is -2.59. The second kappa shape index (κ2) is 35.2. The zero-order valence-electron chi connectivity index (χ0n) is 57.8. The van der Waals surface area contributed by atoms with Gasteiger partial charge in [-0.25, -0.2) is 9.97 Å². The van der Waals surface area contributed by atoms with Crippen LogP contribution in [0.2, 0.25) is 0 Å². The Morgan fingerprint density at radius 2 is 0.500 bits per heavy atom. The number of nitrogens with zero attached hydrogens (tertiary/aromatic N) is 2. The number of aliphatic hydroxyl groups excluding tert-OH is 16. The van der Waals surface area contributed by atoms with Gasteiger partial charge in [0.25, 0.3) is 0 Å². The topological polar surface area (TPSA) is 492 Å². The van der Waals surface area contributed by atoms with Crippen LogP contribution in [0.5, 0.6) is 23.0 Å². The van der Waals surface area contributed by atoms with Crippen LogP contribution in [0.15, 0.2) is 121 Å². The zero-order valence-corrected chi connectivity index (χ0v) is 57.8. The summed E-state index contributed by atoms with van der Waals surface area (Å²) in [6, 6.07) is 36.6. The van der Waals surface area contributed by atoms with Crippen LogP contribution in [0.1, 0.15) is 22.8 Å². The first kappa shape index (κ1) is 77.9. The molecule has 20 atom stereocenters. The van der Waals surface area contributed by atoms with E-state index in [-0.39, 0.29) is 52.9 Å². The third kappa shape index (κ3) is 17.0. The molecule has 578 valence electrons. The van der Waals surface area contributed by atoms with Crippen molar-refractivity contribution in [3.8, 4) is 67.5 Å². The summed E-state index contributed by atoms with van der Waals surface area (Å²) in [5.74, 6) is 1.58. The van der Waals surface area contributed by atoms with Crippen molar-refractivity contribution >= 4 is 46.4 Å². The Balaban J connectivity index is 0.909. The van der Waals surface area contributed by atoms with Gasteiger partial charge in [0.1, 0.15) is 147 Å². The highest BCUT2D eigenvalue weighted by Gasteiger charge is 2.47. The summed E-state index contributed by atoms with van der Waals surface area (Å²) >= 11 is 0. The minimum atomic E-state index is -1.65. The fourth-order valence-corrected chi connectivity index (χ4v) is 13.5. The van der Waals surface area contributed by atoms with Gasteiger partial charge in [-0.3, -0.25) is 0 Å². The van der Waals surface area contributed by atoms with Gasteiger partial charge in [0.15, 0.2) is 25.2 Å². The molecule has 4 fully saturated rings. The van der Waals surface area contributed by atoms with Crippen LogP contribution in [-0.4, -0.2) is 304 Å². The molecule has 0 aliphatic carbocycles. The van der Waals surface area contributed by atoms with E-state index >= 15 is 0 Å². The van der Waals surface area contributed by atoms with Crippen LogP contribution < -0.4 is 18.9 Å². The van der Waals surface area contributed by atoms with Crippen molar-refractivity contribution in [1.82, 2.24) is 19.9 Å². The molecule has 4 saturated heterocycles. The smallest absolute Gasteiger partial charge is 0.186 e. The van der Waals surface area contributed by atoms with Crippen LogP contribution in [0, 0.1) is 0 Å². The molecule has 4 aromatic carbocycles. The molecule has 0 radical (unpaired) electrons. The van der Waals surface area contributed by atoms with Gasteiger partial charge in [0, 0.05) is 44.3 Å². The number of benzene rings is 4. The largest absolute Gasteiger partial charge is 0.491 e. The number of nitrogens with one attached hydrogen (secondary N) is 2. The van der Waals surface area contributed by atoms with Crippen molar-refractivity contribution in [2.75, 3.05) is 79.3 Å². The van der Waals surface area contributed by atoms with Crippen molar-refractivity contribution < 1.29 is 139 Å². The average Bonchev–Trinajstić information content (AvgIpc) is 1.63. The maximum absolute atomic E-state index is 10.7. The fourth-order valence-electron chi connectivity index (χ4n) is 13.5. The Hall–Kier alpha value is -8.28. The van der Waals surface area contributed by atoms with Gasteiger partial charge in [-0.05, 0) is 119 Å². The molecule has 0 spiro atoms. The van der Waals surface area contributed by atoms with E-state index in [0.717, 1.165) is 0 Å². The summed E-state index contributed by atoms with van der Waals surface area (Å²) in [6.07, 6.45) is -22.1. The Morgan fingerprint density at radius 3 is 0.713 bits per heavy atom. The second-order valence-corrected chi connectivity index (χ2v) is 26.3. The molecular weight excluding hydrogens is 1420 g/mol. The number of ether oxygens (including phenoxy) is 12. The molecule has 0 saturated carbocycles. The van der Waals surface area contributed by atoms with E-state index in [1.807, 2.05) is 97.1 Å². The standard InChI is InChI=1S/C76H86N4O28/c81-33-53-61(85)65(89)69(93)73(105-53)101-25-21-97-41-9-1-5-37(29-41)57-45-13-15-47(77-45)58(38-6-2-10-42(30-38)98-22-26-102-74-70(94)66(90)62(86)54(34-82)106-74)49-17-19-51(79-49)60(40-8-4-12-44(32-40)100-24-28-104-76-72(96)68(92)64(88)56(36-84)108-76)52-20-18-50(80-52)59(48-16-14-46(57)78-48)39-7-3-11-43(31-39)99-23-27-103-75-71(95)67(91)63(87)55(35-83)107-75/h1-20,29-32,53-56,61-77,80-96H,21-28,33-36H2/t53-,54-,55-,56-,61-,62-,63-,64-,65+,66+,67+,68+,69-,70-,71-,72-,73-,74-,75-,76-/m1/s1. The second-order valence-electron chi connectivity index (χ2n) is 26.3. The van der Waals surface area contributed by atoms with Gasteiger partial charge in [-0.2, -0.15) is 0 Å². The van der Waals surface area contributed by atoms with E-state index in [4.69, 9.17) is 66.8 Å². The van der Waals surface area contributed by atoms with Crippen molar-refractivity contribution in [1.29, 1.82) is 0 Å². The molecule has 7 aromatic rings. The third-order valence-electron chi connectivity index (χ3n) is 19.2. The minimum absolute atomic E-state index is 0.0737. The van der Waals surface area contributed by atoms with Crippen LogP contribution in [0.3, 0.4) is 0 Å². The average molecular weight is 1500 g/mol. The normalized spacial score (nSPS) is 29.1. The van der Waals surface area contributed by atoms with Crippen molar-refractivity contribution in [2.24, 2.45) is 0 Å². The lowest BCUT2D eigenvalue weighted by Gasteiger charge is -2.39. The predicted octanol–water partition coefficient (Wildman–Crippen LogP) is 0.105. The first-order valence-corrected chi connectivity index (χ1v) is 35.1. The van der Waals surface area contributed by atoms with E-state index in [9.17, 15) is 81.7 Å². The maximum Gasteiger partial charge on any atom is 0.186 e. The van der Waals surface area contributed by atoms with Gasteiger partial charge in [-0.15, -0.1) is 0 Å². The number of aromatic amines is 2. The van der Waals surface area contributed by atoms with E-state index in [1.165, 1.54) is 0 Å². The molecule has 0 amide bonds. The summed E-state index contributed by atoms with van der Waals surface area (Å²) < 4.78 is 70.2. The molecule has 6 aliphatic heterocycles. The summed E-state index contributed by atoms with van der Waals surface area (Å²) in [5, 5.41) is 165. The number of rotatable bonds is 28. The molecule has 108 heavy (non-hydrogen) atoms. The van der Waals surface area contributed by atoms with Crippen LogP contribution in [0.4, 0.5) is 0 Å². The molecule has 32 heteroatoms. The molecule has 3 aromatic heterocycles. The summed E-state index contributed by atoms with van der Waals surface area (Å²) in [7, 11) is 0. The summed E-state index contributed by atoms with van der Waals surface area (Å²) in [6.45, 7) is -3.43. The van der Waals surface area contributed by atoms with Gasteiger partial charge < -0.3 is 149 Å². The van der Waals surface area contributed by atoms with E-state index < -0.39 is 149 Å². The zero-order chi connectivity index (χ0) is 75.9. The maximum atomic E-state index is 10.7. The molecular formula is C76H86N4O28. The Bertz CT molecular complexity index is 3900. The molecule has 0 unspecified atom stereocenters. The predicted molar refractivity (Wildman–Crippen MR) is 381 cm³/mol. The monoisotopic (exact) mass is 1500 g/mol. The van der Waals surface area contributed by atoms with Crippen LogP contribution in [0.25, 0.3) is 90.9 Å². The Kier molecular flexibility index (Phi) is 25.4. The number of fused-ring (bicyclic) bond motifs is 8. The first-order valence-electron chi connectivity index (χ1n) is 35.1. The molecule has 13 rings (SSSR count). The van der Waals surface area contributed by atoms with Crippen molar-refractivity contribution in [2.45, 2.75) is 123 Å². The number of aromatic nitrogens is 4. The van der Waals surface area contributed by atoms with Crippen LogP contribution in [-0.2, 0) is 37.9 Å². The quantitative estimate of drug-likeness (QED) is 0.0289. The van der Waals surface area contributed by atoms with Gasteiger partial charge >= 0.3 is 0 Å². The van der Waals surface area contributed by atoms with Crippen LogP contribution >= 0.6 is 0 Å². The Labute approximate surface area is 616 Å². The molecule has 8 bridgehead atoms. The molecule has 18 N–H and O–H groups in total. The number of aliphatic hydroxyl groups is 16. The number of hydrogen-bond acceptors (Lipinski definition) is 30. The van der Waals surface area contributed by atoms with Crippen molar-refractivity contribution in [3.63, 3.8) is 0 Å². The van der Waals surface area contributed by atoms with Gasteiger partial charge in [-0.1, -0.05) is 48.5 Å². The van der Waals surface area contributed by atoms with E-state index in [1.54, 1.807) is 48.5 Å². The summed E-state index contributed by atoms with van der Waals surface area (Å²) in [4.78, 5) is 18.3. The van der Waals surface area contributed by atoms with Gasteiger partial charge in [0.2, 0.25) is 0 Å². The third-order valence-corrected chi connectivity index (χ3v) is 19.2. The van der Waals surface area contributed by atoms with E-state index in [2.05, 4.69) is 9.97 Å². The lowest BCUT2D eigenvalue weighted by molar-refractivity contribution is -0.301. The molecule has 32 nitrogen and oxygen atoms in total. The summed E-state index contributed by atoms with van der Waals surface area (Å²) in [5.41, 5.74) is 9.28. The Morgan fingerprint density at radius 1 is 0.278 bits per heavy atom. The van der Waals surface area contributed by atoms with E-state index in [0.29, 0.717) is 112 Å². The minimum Gasteiger partial charge on any atom is -0.491 e. The highest BCUT2D eigenvalue weighted by atomic mass is 16.7. The highest BCUT2D eigenvalue weighted by Crippen LogP contribution is 2.41. The highest BCUT2D eigenvalue weighted by molar-refractivity contribution is 6.00. The van der Waals surface area contributed by atoms with Gasteiger partial charge in [0.05, 0.1) is 75.6 Å². The number of H-pyrrole nitrogens is 2. The SMILES string of the molecule is OC[C@H]1O[C@@H](OCCOc2cccc(-c3c4nc(c(-c5cccc(OCCO[C@@H]6O[C@H](CO)[C@@H](O)[C@H](O)[C@H]6O)c5)c5ccc([nH]5)c(-c5cccc(OCCO[C@@H]6O[C@H](CO)[C@@H](O)[C@H](O)[C@H]6O)c5)c5nc(c(-c6cccc(OCCO[C@@H]7O[C@H](CO)[C@@H](O)[C@H](O)[C@H]7O)c6)c6ccc3[nH]6)C=C5)C=C4)c2)[C@H](O)[C@@H](O)[C@@H]1O. The lowest BCUT2D eigenvalue weighted by atomic mass is 9.99. The van der Waals surface area contributed by atoms with Crippen molar-refractivity contribution in [3.05, 3.63) is 144 Å². The number of hydrogen-bond donors (Lipinski definition) is 18. The molecule has 9 heterocycles. The molecule has 6 aliphatic rings.